The highest BCUT2D eigenvalue weighted by Crippen LogP contribution is 2.24. The molecule has 1 N–H and O–H groups in total. The first-order valence-electron chi connectivity index (χ1n) is 4.26. The van der Waals surface area contributed by atoms with Crippen LogP contribution in [0.1, 0.15) is 47.0 Å². The first-order valence-corrected chi connectivity index (χ1v) is 4.26. The molecule has 1 aliphatic carbocycles. The van der Waals surface area contributed by atoms with Gasteiger partial charge in [0.15, 0.2) is 0 Å². The minimum absolute atomic E-state index is 1.06. The number of hydrogen-bond donors (Lipinski definition) is 1. The summed E-state index contributed by atoms with van der Waals surface area (Å²) in [5, 5.41) is 6.08. The SMILES string of the molecule is CC.CC1CCC1.CC=N. The third-order valence-corrected chi connectivity index (χ3v) is 1.39. The number of nitrogens with one attached hydrogen (secondary N) is 1. The molecule has 0 aliphatic heterocycles. The molecule has 0 aromatic rings. The van der Waals surface area contributed by atoms with E-state index in [1.807, 2.05) is 13.8 Å². The Kier molecular flexibility index (Phi) is 14.2. The molecule has 1 nitrogen and oxygen atoms in total. The van der Waals surface area contributed by atoms with Gasteiger partial charge in [-0.3, -0.25) is 0 Å². The van der Waals surface area contributed by atoms with Gasteiger partial charge in [0.25, 0.3) is 0 Å². The monoisotopic (exact) mass is 143 g/mol. The molecule has 1 heteroatoms. The Morgan fingerprint density at radius 3 is 1.50 bits per heavy atom. The van der Waals surface area contributed by atoms with Crippen molar-refractivity contribution in [2.45, 2.75) is 47.0 Å². The average Bonchev–Trinajstić information content (AvgIpc) is 1.90. The maximum Gasteiger partial charge on any atom is -0.00788 e. The molecule has 0 heterocycles. The van der Waals surface area contributed by atoms with Gasteiger partial charge < -0.3 is 5.41 Å². The van der Waals surface area contributed by atoms with Gasteiger partial charge in [-0.15, -0.1) is 0 Å². The molecule has 1 fully saturated rings. The molecular formula is C9H21N. The van der Waals surface area contributed by atoms with E-state index in [2.05, 4.69) is 6.92 Å². The summed E-state index contributed by atoms with van der Waals surface area (Å²) in [5.41, 5.74) is 0. The van der Waals surface area contributed by atoms with Gasteiger partial charge in [0.2, 0.25) is 0 Å². The molecule has 1 saturated carbocycles. The Bertz CT molecular complexity index is 55.7. The summed E-state index contributed by atoms with van der Waals surface area (Å²) in [4.78, 5) is 0. The van der Waals surface area contributed by atoms with E-state index in [0.29, 0.717) is 0 Å². The zero-order valence-corrected chi connectivity index (χ0v) is 7.78. The summed E-state index contributed by atoms with van der Waals surface area (Å²) in [6.45, 7) is 7.98. The van der Waals surface area contributed by atoms with Crippen LogP contribution in [-0.4, -0.2) is 6.21 Å². The summed E-state index contributed by atoms with van der Waals surface area (Å²) in [5.74, 6) is 1.06. The van der Waals surface area contributed by atoms with Gasteiger partial charge in [-0.05, 0) is 19.1 Å². The molecule has 0 bridgehead atoms. The maximum absolute atomic E-state index is 6.08. The molecule has 0 atom stereocenters. The summed E-state index contributed by atoms with van der Waals surface area (Å²) in [6.07, 6.45) is 5.71. The van der Waals surface area contributed by atoms with Crippen molar-refractivity contribution in [1.29, 1.82) is 5.41 Å². The molecule has 0 saturated heterocycles. The van der Waals surface area contributed by atoms with Crippen molar-refractivity contribution in [2.24, 2.45) is 5.92 Å². The largest absolute Gasteiger partial charge is 0.313 e. The first-order chi connectivity index (χ1) is 4.81. The smallest absolute Gasteiger partial charge is 0.00788 e. The highest BCUT2D eigenvalue weighted by Gasteiger charge is 2.09. The summed E-state index contributed by atoms with van der Waals surface area (Å²) in [7, 11) is 0. The Morgan fingerprint density at radius 2 is 1.50 bits per heavy atom. The molecule has 0 aromatic heterocycles. The van der Waals surface area contributed by atoms with E-state index in [1.54, 1.807) is 6.92 Å². The van der Waals surface area contributed by atoms with Gasteiger partial charge in [0.05, 0.1) is 0 Å². The van der Waals surface area contributed by atoms with Crippen LogP contribution in [0.2, 0.25) is 0 Å². The van der Waals surface area contributed by atoms with Gasteiger partial charge in [0.1, 0.15) is 0 Å². The van der Waals surface area contributed by atoms with Crippen LogP contribution in [0.5, 0.6) is 0 Å². The fraction of sp³-hybridized carbons (Fsp3) is 0.889. The molecule has 62 valence electrons. The Balaban J connectivity index is 0. The highest BCUT2D eigenvalue weighted by atomic mass is 14.3. The second-order valence-corrected chi connectivity index (χ2v) is 2.32. The first kappa shape index (κ1) is 12.4. The molecular weight excluding hydrogens is 122 g/mol. The Labute approximate surface area is 65.3 Å². The van der Waals surface area contributed by atoms with Crippen LogP contribution in [0.25, 0.3) is 0 Å². The van der Waals surface area contributed by atoms with E-state index in [1.165, 1.54) is 25.5 Å². The Hall–Kier alpha value is -0.330. The second-order valence-electron chi connectivity index (χ2n) is 2.32. The lowest BCUT2D eigenvalue weighted by Crippen LogP contribution is -2.04. The van der Waals surface area contributed by atoms with Gasteiger partial charge in [-0.1, -0.05) is 40.0 Å². The van der Waals surface area contributed by atoms with Crippen molar-refractivity contribution in [3.05, 3.63) is 0 Å². The van der Waals surface area contributed by atoms with Gasteiger partial charge in [-0.2, -0.15) is 0 Å². The van der Waals surface area contributed by atoms with Crippen LogP contribution in [0.4, 0.5) is 0 Å². The normalized spacial score (nSPS) is 14.8. The van der Waals surface area contributed by atoms with Crippen LogP contribution < -0.4 is 0 Å². The molecule has 1 aliphatic rings. The van der Waals surface area contributed by atoms with Gasteiger partial charge >= 0.3 is 0 Å². The highest BCUT2D eigenvalue weighted by molar-refractivity contribution is 5.48. The molecule has 1 rings (SSSR count). The van der Waals surface area contributed by atoms with Crippen LogP contribution in [0, 0.1) is 11.3 Å². The van der Waals surface area contributed by atoms with E-state index >= 15 is 0 Å². The molecule has 0 aromatic carbocycles. The van der Waals surface area contributed by atoms with Gasteiger partial charge in [0, 0.05) is 0 Å². The summed E-state index contributed by atoms with van der Waals surface area (Å²) >= 11 is 0. The molecule has 0 amide bonds. The van der Waals surface area contributed by atoms with E-state index < -0.39 is 0 Å². The third-order valence-electron chi connectivity index (χ3n) is 1.39. The van der Waals surface area contributed by atoms with E-state index in [0.717, 1.165) is 5.92 Å². The molecule has 0 radical (unpaired) electrons. The second kappa shape index (κ2) is 11.5. The zero-order valence-electron chi connectivity index (χ0n) is 7.78. The lowest BCUT2D eigenvalue weighted by Gasteiger charge is -2.18. The Morgan fingerprint density at radius 1 is 1.30 bits per heavy atom. The quantitative estimate of drug-likeness (QED) is 0.502. The fourth-order valence-corrected chi connectivity index (χ4v) is 0.612. The molecule has 0 unspecified atom stereocenters. The van der Waals surface area contributed by atoms with Crippen molar-refractivity contribution in [1.82, 2.24) is 0 Å². The van der Waals surface area contributed by atoms with Crippen molar-refractivity contribution in [3.8, 4) is 0 Å². The molecule has 10 heavy (non-hydrogen) atoms. The van der Waals surface area contributed by atoms with Crippen LogP contribution in [0.3, 0.4) is 0 Å². The van der Waals surface area contributed by atoms with Gasteiger partial charge in [-0.25, -0.2) is 0 Å². The van der Waals surface area contributed by atoms with Crippen LogP contribution in [-0.2, 0) is 0 Å². The number of hydrogen-bond acceptors (Lipinski definition) is 1. The van der Waals surface area contributed by atoms with Crippen molar-refractivity contribution < 1.29 is 0 Å². The third kappa shape index (κ3) is 10.6. The lowest BCUT2D eigenvalue weighted by molar-refractivity contribution is 0.346. The summed E-state index contributed by atoms with van der Waals surface area (Å²) in [6, 6.07) is 0. The fourth-order valence-electron chi connectivity index (χ4n) is 0.612. The van der Waals surface area contributed by atoms with E-state index in [-0.39, 0.29) is 0 Å². The maximum atomic E-state index is 6.08. The van der Waals surface area contributed by atoms with E-state index in [4.69, 9.17) is 5.41 Å². The average molecular weight is 143 g/mol. The van der Waals surface area contributed by atoms with Crippen LogP contribution in [0.15, 0.2) is 0 Å². The number of rotatable bonds is 0. The topological polar surface area (TPSA) is 23.9 Å². The minimum atomic E-state index is 1.06. The lowest BCUT2D eigenvalue weighted by atomic mass is 9.88. The standard InChI is InChI=1S/C5H10.C2H5N.C2H6/c1-5-3-2-4-5;1-2-3;1-2/h5H,2-4H2,1H3;2-3H,1H3;1-2H3. The minimum Gasteiger partial charge on any atom is -0.313 e. The van der Waals surface area contributed by atoms with Crippen LogP contribution >= 0.6 is 0 Å². The van der Waals surface area contributed by atoms with Crippen molar-refractivity contribution in [2.75, 3.05) is 0 Å². The zero-order chi connectivity index (χ0) is 8.41. The molecule has 0 spiro atoms. The van der Waals surface area contributed by atoms with Crippen molar-refractivity contribution >= 4 is 6.21 Å². The van der Waals surface area contributed by atoms with E-state index in [9.17, 15) is 0 Å². The predicted molar refractivity (Wildman–Crippen MR) is 48.8 cm³/mol. The predicted octanol–water partition coefficient (Wildman–Crippen LogP) is 3.49. The summed E-state index contributed by atoms with van der Waals surface area (Å²) < 4.78 is 0. The van der Waals surface area contributed by atoms with Crippen molar-refractivity contribution in [3.63, 3.8) is 0 Å².